The van der Waals surface area contributed by atoms with Gasteiger partial charge in [0.1, 0.15) is 4.60 Å². The molecule has 2 aromatic heterocycles. The highest BCUT2D eigenvalue weighted by Gasteiger charge is 2.14. The maximum absolute atomic E-state index is 11.8. The lowest BCUT2D eigenvalue weighted by Crippen LogP contribution is -2.27. The van der Waals surface area contributed by atoms with Crippen LogP contribution in [-0.2, 0) is 0 Å². The SMILES string of the molecule is CC(NC(=O)c1ccc(Br)nc1)c1nn[nH]n1. The molecule has 0 fully saturated rings. The lowest BCUT2D eigenvalue weighted by Gasteiger charge is -2.09. The van der Waals surface area contributed by atoms with E-state index in [4.69, 9.17) is 0 Å². The molecule has 17 heavy (non-hydrogen) atoms. The minimum Gasteiger partial charge on any atom is -0.342 e. The van der Waals surface area contributed by atoms with Gasteiger partial charge in [0.15, 0.2) is 5.82 Å². The summed E-state index contributed by atoms with van der Waals surface area (Å²) in [5.74, 6) is 0.200. The van der Waals surface area contributed by atoms with Crippen LogP contribution in [0, 0.1) is 0 Å². The van der Waals surface area contributed by atoms with Crippen molar-refractivity contribution < 1.29 is 4.79 Å². The fourth-order valence-electron chi connectivity index (χ4n) is 1.21. The van der Waals surface area contributed by atoms with Crippen molar-refractivity contribution >= 4 is 21.8 Å². The smallest absolute Gasteiger partial charge is 0.253 e. The minimum absolute atomic E-state index is 0.234. The lowest BCUT2D eigenvalue weighted by atomic mass is 10.2. The Morgan fingerprint density at radius 3 is 2.94 bits per heavy atom. The van der Waals surface area contributed by atoms with Gasteiger partial charge in [-0.25, -0.2) is 4.98 Å². The van der Waals surface area contributed by atoms with Gasteiger partial charge in [0.2, 0.25) is 0 Å². The molecule has 0 saturated heterocycles. The zero-order chi connectivity index (χ0) is 12.3. The van der Waals surface area contributed by atoms with Crippen LogP contribution in [0.3, 0.4) is 0 Å². The zero-order valence-electron chi connectivity index (χ0n) is 8.88. The number of tetrazole rings is 1. The predicted molar refractivity (Wildman–Crippen MR) is 62.0 cm³/mol. The molecule has 0 aliphatic heterocycles. The number of carbonyl (C=O) groups is 1. The van der Waals surface area contributed by atoms with Gasteiger partial charge in [0.25, 0.3) is 5.91 Å². The first-order valence-electron chi connectivity index (χ1n) is 4.82. The number of hydrogen-bond donors (Lipinski definition) is 2. The van der Waals surface area contributed by atoms with Crippen molar-refractivity contribution in [2.45, 2.75) is 13.0 Å². The summed E-state index contributed by atoms with van der Waals surface area (Å²) in [4.78, 5) is 15.8. The van der Waals surface area contributed by atoms with E-state index in [2.05, 4.69) is 46.9 Å². The van der Waals surface area contributed by atoms with Gasteiger partial charge >= 0.3 is 0 Å². The summed E-state index contributed by atoms with van der Waals surface area (Å²) in [5, 5.41) is 16.1. The van der Waals surface area contributed by atoms with Gasteiger partial charge in [0, 0.05) is 6.20 Å². The molecule has 88 valence electrons. The van der Waals surface area contributed by atoms with E-state index in [1.165, 1.54) is 6.20 Å². The Labute approximate surface area is 105 Å². The quantitative estimate of drug-likeness (QED) is 0.819. The largest absolute Gasteiger partial charge is 0.342 e. The van der Waals surface area contributed by atoms with Crippen LogP contribution in [0.15, 0.2) is 22.9 Å². The third-order valence-corrected chi connectivity index (χ3v) is 2.56. The molecule has 0 aliphatic carbocycles. The first kappa shape index (κ1) is 11.6. The number of rotatable bonds is 3. The van der Waals surface area contributed by atoms with Gasteiger partial charge in [-0.1, -0.05) is 5.21 Å². The van der Waals surface area contributed by atoms with E-state index in [1.54, 1.807) is 19.1 Å². The monoisotopic (exact) mass is 296 g/mol. The van der Waals surface area contributed by atoms with Gasteiger partial charge in [-0.2, -0.15) is 5.21 Å². The van der Waals surface area contributed by atoms with E-state index >= 15 is 0 Å². The molecule has 1 amide bonds. The normalized spacial score (nSPS) is 12.1. The first-order valence-corrected chi connectivity index (χ1v) is 5.62. The van der Waals surface area contributed by atoms with Crippen LogP contribution in [0.4, 0.5) is 0 Å². The van der Waals surface area contributed by atoms with Crippen LogP contribution >= 0.6 is 15.9 Å². The molecule has 0 spiro atoms. The van der Waals surface area contributed by atoms with Crippen LogP contribution < -0.4 is 5.32 Å². The summed E-state index contributed by atoms with van der Waals surface area (Å²) in [7, 11) is 0. The summed E-state index contributed by atoms with van der Waals surface area (Å²) >= 11 is 3.20. The molecule has 0 saturated carbocycles. The van der Waals surface area contributed by atoms with Gasteiger partial charge in [-0.15, -0.1) is 10.2 Å². The molecule has 2 rings (SSSR count). The van der Waals surface area contributed by atoms with E-state index in [-0.39, 0.29) is 11.9 Å². The lowest BCUT2D eigenvalue weighted by molar-refractivity contribution is 0.0938. The van der Waals surface area contributed by atoms with Gasteiger partial charge in [-0.3, -0.25) is 4.79 Å². The summed E-state index contributed by atoms with van der Waals surface area (Å²) < 4.78 is 0.681. The number of aromatic nitrogens is 5. The summed E-state index contributed by atoms with van der Waals surface area (Å²) in [5.41, 5.74) is 0.476. The second kappa shape index (κ2) is 5.00. The highest BCUT2D eigenvalue weighted by atomic mass is 79.9. The number of aromatic amines is 1. The van der Waals surface area contributed by atoms with Crippen molar-refractivity contribution in [3.8, 4) is 0 Å². The van der Waals surface area contributed by atoms with Crippen LogP contribution in [0.2, 0.25) is 0 Å². The Morgan fingerprint density at radius 2 is 2.35 bits per heavy atom. The molecule has 8 heteroatoms. The third kappa shape index (κ3) is 2.84. The first-order chi connectivity index (χ1) is 8.16. The standard InChI is InChI=1S/C9H9BrN6O/c1-5(8-13-15-16-14-8)12-9(17)6-2-3-7(10)11-4-6/h2-5H,1H3,(H,12,17)(H,13,14,15,16). The van der Waals surface area contributed by atoms with Gasteiger partial charge in [0.05, 0.1) is 11.6 Å². The number of nitrogens with one attached hydrogen (secondary N) is 2. The number of hydrogen-bond acceptors (Lipinski definition) is 5. The summed E-state index contributed by atoms with van der Waals surface area (Å²) in [6, 6.07) is 3.06. The highest BCUT2D eigenvalue weighted by molar-refractivity contribution is 9.10. The zero-order valence-corrected chi connectivity index (χ0v) is 10.5. The number of amides is 1. The molecule has 2 aromatic rings. The molecular formula is C9H9BrN6O. The van der Waals surface area contributed by atoms with Crippen molar-refractivity contribution in [2.75, 3.05) is 0 Å². The summed E-state index contributed by atoms with van der Waals surface area (Å²) in [6.45, 7) is 1.77. The molecule has 7 nitrogen and oxygen atoms in total. The predicted octanol–water partition coefficient (Wildman–Crippen LogP) is 0.848. The second-order valence-corrected chi connectivity index (χ2v) is 4.15. The van der Waals surface area contributed by atoms with Crippen molar-refractivity contribution in [1.29, 1.82) is 0 Å². The van der Waals surface area contributed by atoms with Crippen molar-refractivity contribution in [1.82, 2.24) is 30.9 Å². The van der Waals surface area contributed by atoms with E-state index in [9.17, 15) is 4.79 Å². The number of nitrogens with zero attached hydrogens (tertiary/aromatic N) is 4. The molecule has 1 atom stereocenters. The number of pyridine rings is 1. The van der Waals surface area contributed by atoms with Crippen molar-refractivity contribution in [2.24, 2.45) is 0 Å². The fraction of sp³-hybridized carbons (Fsp3) is 0.222. The minimum atomic E-state index is -0.315. The number of carbonyl (C=O) groups excluding carboxylic acids is 1. The second-order valence-electron chi connectivity index (χ2n) is 3.33. The van der Waals surface area contributed by atoms with Gasteiger partial charge in [-0.05, 0) is 35.0 Å². The maximum Gasteiger partial charge on any atom is 0.253 e. The number of halogens is 1. The summed E-state index contributed by atoms with van der Waals surface area (Å²) in [6.07, 6.45) is 1.49. The molecular weight excluding hydrogens is 288 g/mol. The fourth-order valence-corrected chi connectivity index (χ4v) is 1.44. The average Bonchev–Trinajstić information content (AvgIpc) is 2.83. The molecule has 0 aromatic carbocycles. The van der Waals surface area contributed by atoms with Crippen LogP contribution in [0.1, 0.15) is 29.1 Å². The Hall–Kier alpha value is -1.83. The van der Waals surface area contributed by atoms with Crippen LogP contribution in [0.25, 0.3) is 0 Å². The maximum atomic E-state index is 11.8. The topological polar surface area (TPSA) is 96.5 Å². The van der Waals surface area contributed by atoms with E-state index in [0.29, 0.717) is 16.0 Å². The average molecular weight is 297 g/mol. The van der Waals surface area contributed by atoms with Crippen molar-refractivity contribution in [3.63, 3.8) is 0 Å². The third-order valence-electron chi connectivity index (χ3n) is 2.09. The van der Waals surface area contributed by atoms with E-state index < -0.39 is 0 Å². The van der Waals surface area contributed by atoms with Crippen LogP contribution in [-0.4, -0.2) is 31.5 Å². The van der Waals surface area contributed by atoms with Crippen LogP contribution in [0.5, 0.6) is 0 Å². The molecule has 1 unspecified atom stereocenters. The molecule has 0 aliphatic rings. The van der Waals surface area contributed by atoms with Gasteiger partial charge < -0.3 is 5.32 Å². The Bertz CT molecular complexity index is 497. The Balaban J connectivity index is 2.04. The Morgan fingerprint density at radius 1 is 1.53 bits per heavy atom. The molecule has 0 radical (unpaired) electrons. The van der Waals surface area contributed by atoms with Crippen molar-refractivity contribution in [3.05, 3.63) is 34.3 Å². The molecule has 2 N–H and O–H groups in total. The molecule has 2 heterocycles. The highest BCUT2D eigenvalue weighted by Crippen LogP contribution is 2.09. The van der Waals surface area contributed by atoms with E-state index in [1.807, 2.05) is 0 Å². The van der Waals surface area contributed by atoms with E-state index in [0.717, 1.165) is 0 Å². The Kier molecular flexibility index (Phi) is 3.43. The number of H-pyrrole nitrogens is 1. The molecule has 0 bridgehead atoms.